The van der Waals surface area contributed by atoms with Crippen molar-refractivity contribution in [2.24, 2.45) is 5.92 Å². The fourth-order valence-electron chi connectivity index (χ4n) is 2.85. The molecule has 2 heterocycles. The fourth-order valence-corrected chi connectivity index (χ4v) is 2.85. The molecular weight excluding hydrogens is 222 g/mol. The van der Waals surface area contributed by atoms with Crippen LogP contribution in [0.15, 0.2) is 12.3 Å². The molecule has 100 valence electrons. The maximum absolute atomic E-state index is 4.43. The highest BCUT2D eigenvalue weighted by Gasteiger charge is 2.24. The van der Waals surface area contributed by atoms with Crippen LogP contribution in [-0.4, -0.2) is 31.2 Å². The topological polar surface area (TPSA) is 28.2 Å². The summed E-state index contributed by atoms with van der Waals surface area (Å²) < 4.78 is 0. The second kappa shape index (κ2) is 6.19. The summed E-state index contributed by atoms with van der Waals surface area (Å²) in [5.74, 6) is 0.788. The van der Waals surface area contributed by atoms with Gasteiger partial charge in [0.1, 0.15) is 0 Å². The highest BCUT2D eigenvalue weighted by Crippen LogP contribution is 2.28. The molecule has 1 aliphatic heterocycles. The molecule has 0 spiro atoms. The van der Waals surface area contributed by atoms with Gasteiger partial charge in [-0.1, -0.05) is 6.92 Å². The Kier molecular flexibility index (Phi) is 4.59. The van der Waals surface area contributed by atoms with Crippen molar-refractivity contribution < 1.29 is 0 Å². The molecule has 0 amide bonds. The lowest BCUT2D eigenvalue weighted by Gasteiger charge is -2.22. The zero-order valence-electron chi connectivity index (χ0n) is 11.9. The maximum Gasteiger partial charge on any atom is 0.0612 e. The van der Waals surface area contributed by atoms with E-state index in [0.717, 1.165) is 24.7 Å². The second-order valence-electron chi connectivity index (χ2n) is 5.37. The first-order valence-electron chi connectivity index (χ1n) is 7.10. The first kappa shape index (κ1) is 13.3. The summed E-state index contributed by atoms with van der Waals surface area (Å²) in [7, 11) is 0. The zero-order valence-corrected chi connectivity index (χ0v) is 11.9. The van der Waals surface area contributed by atoms with E-state index in [0.29, 0.717) is 0 Å². The predicted octanol–water partition coefficient (Wildman–Crippen LogP) is 2.52. The molecule has 0 saturated carbocycles. The Morgan fingerprint density at radius 1 is 1.44 bits per heavy atom. The number of hydrogen-bond acceptors (Lipinski definition) is 3. The van der Waals surface area contributed by atoms with E-state index < -0.39 is 0 Å². The van der Waals surface area contributed by atoms with Crippen LogP contribution in [0.25, 0.3) is 0 Å². The third-order valence-corrected chi connectivity index (χ3v) is 3.77. The standard InChI is InChI=1S/C15H25N3/c1-4-7-16-10-14-6-9-18(11-14)15-12(2)5-8-17-13(15)3/h5,8,14,16H,4,6-7,9-11H2,1-3H3. The molecule has 3 heteroatoms. The summed E-state index contributed by atoms with van der Waals surface area (Å²) in [6.07, 6.45) is 4.42. The molecule has 1 atom stereocenters. The molecule has 3 nitrogen and oxygen atoms in total. The van der Waals surface area contributed by atoms with E-state index in [1.54, 1.807) is 0 Å². The Morgan fingerprint density at radius 2 is 2.28 bits per heavy atom. The lowest BCUT2D eigenvalue weighted by molar-refractivity contribution is 0.516. The zero-order chi connectivity index (χ0) is 13.0. The highest BCUT2D eigenvalue weighted by molar-refractivity contribution is 5.56. The molecule has 1 aromatic rings. The predicted molar refractivity (Wildman–Crippen MR) is 77.2 cm³/mol. The van der Waals surface area contributed by atoms with Gasteiger partial charge in [-0.15, -0.1) is 0 Å². The van der Waals surface area contributed by atoms with Crippen LogP contribution >= 0.6 is 0 Å². The number of aromatic nitrogens is 1. The van der Waals surface area contributed by atoms with E-state index >= 15 is 0 Å². The minimum atomic E-state index is 0.788. The van der Waals surface area contributed by atoms with Gasteiger partial charge < -0.3 is 10.2 Å². The van der Waals surface area contributed by atoms with Gasteiger partial charge in [0.25, 0.3) is 0 Å². The quantitative estimate of drug-likeness (QED) is 0.810. The van der Waals surface area contributed by atoms with Crippen LogP contribution in [0.1, 0.15) is 31.0 Å². The molecule has 1 aliphatic rings. The Balaban J connectivity index is 1.96. The smallest absolute Gasteiger partial charge is 0.0612 e. The van der Waals surface area contributed by atoms with Gasteiger partial charge in [0.05, 0.1) is 11.4 Å². The normalized spacial score (nSPS) is 19.5. The maximum atomic E-state index is 4.43. The molecular formula is C15H25N3. The average molecular weight is 247 g/mol. The van der Waals surface area contributed by atoms with E-state index in [1.165, 1.54) is 37.2 Å². The molecule has 0 radical (unpaired) electrons. The van der Waals surface area contributed by atoms with E-state index in [1.807, 2.05) is 6.20 Å². The summed E-state index contributed by atoms with van der Waals surface area (Å²) >= 11 is 0. The van der Waals surface area contributed by atoms with Crippen molar-refractivity contribution in [1.29, 1.82) is 0 Å². The van der Waals surface area contributed by atoms with Crippen LogP contribution in [0.3, 0.4) is 0 Å². The molecule has 0 aliphatic carbocycles. The molecule has 18 heavy (non-hydrogen) atoms. The number of nitrogens with one attached hydrogen (secondary N) is 1. The van der Waals surface area contributed by atoms with Crippen molar-refractivity contribution in [2.45, 2.75) is 33.6 Å². The number of aryl methyl sites for hydroxylation is 2. The Labute approximate surface area is 111 Å². The van der Waals surface area contributed by atoms with Crippen LogP contribution in [0, 0.1) is 19.8 Å². The molecule has 1 aromatic heterocycles. The molecule has 1 unspecified atom stereocenters. The highest BCUT2D eigenvalue weighted by atomic mass is 15.2. The number of pyridine rings is 1. The van der Waals surface area contributed by atoms with Crippen molar-refractivity contribution >= 4 is 5.69 Å². The summed E-state index contributed by atoms with van der Waals surface area (Å²) in [5, 5.41) is 3.54. The van der Waals surface area contributed by atoms with Crippen molar-refractivity contribution in [2.75, 3.05) is 31.1 Å². The summed E-state index contributed by atoms with van der Waals surface area (Å²) in [6.45, 7) is 11.2. The van der Waals surface area contributed by atoms with Gasteiger partial charge in [0.2, 0.25) is 0 Å². The minimum Gasteiger partial charge on any atom is -0.370 e. The van der Waals surface area contributed by atoms with Gasteiger partial charge in [-0.3, -0.25) is 4.98 Å². The molecule has 0 aromatic carbocycles. The van der Waals surface area contributed by atoms with Crippen LogP contribution < -0.4 is 10.2 Å². The van der Waals surface area contributed by atoms with Crippen molar-refractivity contribution in [3.63, 3.8) is 0 Å². The molecule has 1 fully saturated rings. The second-order valence-corrected chi connectivity index (χ2v) is 5.37. The summed E-state index contributed by atoms with van der Waals surface area (Å²) in [5.41, 5.74) is 3.87. The van der Waals surface area contributed by atoms with Crippen LogP contribution in [0.5, 0.6) is 0 Å². The minimum absolute atomic E-state index is 0.788. The number of nitrogens with zero attached hydrogens (tertiary/aromatic N) is 2. The third kappa shape index (κ3) is 3.02. The van der Waals surface area contributed by atoms with Crippen molar-refractivity contribution in [3.8, 4) is 0 Å². The van der Waals surface area contributed by atoms with Crippen LogP contribution in [0.4, 0.5) is 5.69 Å². The average Bonchev–Trinajstić information content (AvgIpc) is 2.78. The first-order valence-corrected chi connectivity index (χ1v) is 7.10. The fraction of sp³-hybridized carbons (Fsp3) is 0.667. The third-order valence-electron chi connectivity index (χ3n) is 3.77. The van der Waals surface area contributed by atoms with Gasteiger partial charge in [-0.25, -0.2) is 0 Å². The SMILES string of the molecule is CCCNCC1CCN(c2c(C)ccnc2C)C1. The van der Waals surface area contributed by atoms with Gasteiger partial charge in [0.15, 0.2) is 0 Å². The molecule has 1 saturated heterocycles. The number of hydrogen-bond donors (Lipinski definition) is 1. The Morgan fingerprint density at radius 3 is 3.00 bits per heavy atom. The first-order chi connectivity index (χ1) is 8.72. The number of rotatable bonds is 5. The monoisotopic (exact) mass is 247 g/mol. The van der Waals surface area contributed by atoms with Gasteiger partial charge in [-0.2, -0.15) is 0 Å². The lowest BCUT2D eigenvalue weighted by atomic mass is 10.1. The summed E-state index contributed by atoms with van der Waals surface area (Å²) in [6, 6.07) is 2.12. The molecule has 0 bridgehead atoms. The van der Waals surface area contributed by atoms with Gasteiger partial charge >= 0.3 is 0 Å². The van der Waals surface area contributed by atoms with Gasteiger partial charge in [-0.05, 0) is 57.3 Å². The van der Waals surface area contributed by atoms with Crippen molar-refractivity contribution in [1.82, 2.24) is 10.3 Å². The molecule has 2 rings (SSSR count). The Bertz CT molecular complexity index is 369. The largest absolute Gasteiger partial charge is 0.370 e. The summed E-state index contributed by atoms with van der Waals surface area (Å²) in [4.78, 5) is 6.94. The van der Waals surface area contributed by atoms with Crippen LogP contribution in [0.2, 0.25) is 0 Å². The lowest BCUT2D eigenvalue weighted by Crippen LogP contribution is -2.27. The Hall–Kier alpha value is -1.09. The van der Waals surface area contributed by atoms with Crippen molar-refractivity contribution in [3.05, 3.63) is 23.5 Å². The van der Waals surface area contributed by atoms with E-state index in [2.05, 4.69) is 42.0 Å². The number of anilines is 1. The molecule has 1 N–H and O–H groups in total. The van der Waals surface area contributed by atoms with Gasteiger partial charge in [0, 0.05) is 19.3 Å². The van der Waals surface area contributed by atoms with E-state index in [4.69, 9.17) is 0 Å². The van der Waals surface area contributed by atoms with Crippen LogP contribution in [-0.2, 0) is 0 Å². The van der Waals surface area contributed by atoms with E-state index in [9.17, 15) is 0 Å². The van der Waals surface area contributed by atoms with E-state index in [-0.39, 0.29) is 0 Å².